The fraction of sp³-hybridized carbons (Fsp3) is 0.261. The summed E-state index contributed by atoms with van der Waals surface area (Å²) in [6, 6.07) is 15.4. The molecule has 1 saturated heterocycles. The standard InChI is InChI=1S/C23H23ClN4O2/c1-17-4-2-3-5-18(17)8-11-22(29)28-14-12-27(13-15-28)16-21-25-23(26-30-21)19-6-9-20(24)10-7-19/h2-11H,12-16H2,1H3. The number of amides is 1. The summed E-state index contributed by atoms with van der Waals surface area (Å²) in [5.41, 5.74) is 3.09. The van der Waals surface area contributed by atoms with E-state index in [4.69, 9.17) is 16.1 Å². The number of aromatic nitrogens is 2. The first-order chi connectivity index (χ1) is 14.6. The van der Waals surface area contributed by atoms with E-state index in [2.05, 4.69) is 15.0 Å². The second kappa shape index (κ2) is 9.24. The van der Waals surface area contributed by atoms with E-state index in [1.165, 1.54) is 0 Å². The van der Waals surface area contributed by atoms with Crippen LogP contribution in [0.1, 0.15) is 17.0 Å². The molecule has 0 unspecified atom stereocenters. The molecule has 0 spiro atoms. The molecule has 0 bridgehead atoms. The summed E-state index contributed by atoms with van der Waals surface area (Å²) in [5.74, 6) is 1.16. The van der Waals surface area contributed by atoms with Gasteiger partial charge < -0.3 is 9.42 Å². The van der Waals surface area contributed by atoms with Crippen molar-refractivity contribution in [3.8, 4) is 11.4 Å². The van der Waals surface area contributed by atoms with Crippen LogP contribution in [0, 0.1) is 6.92 Å². The molecule has 7 heteroatoms. The minimum absolute atomic E-state index is 0.0423. The second-order valence-electron chi connectivity index (χ2n) is 7.31. The number of carbonyl (C=O) groups is 1. The van der Waals surface area contributed by atoms with E-state index in [1.54, 1.807) is 18.2 Å². The van der Waals surface area contributed by atoms with Crippen molar-refractivity contribution in [3.05, 3.63) is 76.6 Å². The van der Waals surface area contributed by atoms with Gasteiger partial charge in [-0.1, -0.05) is 41.0 Å². The molecule has 1 aliphatic heterocycles. The first-order valence-electron chi connectivity index (χ1n) is 9.92. The van der Waals surface area contributed by atoms with Crippen molar-refractivity contribution in [1.29, 1.82) is 0 Å². The van der Waals surface area contributed by atoms with Crippen LogP contribution >= 0.6 is 11.6 Å². The minimum Gasteiger partial charge on any atom is -0.338 e. The fourth-order valence-corrected chi connectivity index (χ4v) is 3.52. The normalized spacial score (nSPS) is 15.1. The highest BCUT2D eigenvalue weighted by Crippen LogP contribution is 2.19. The van der Waals surface area contributed by atoms with Crippen molar-refractivity contribution in [3.63, 3.8) is 0 Å². The molecular weight excluding hydrogens is 400 g/mol. The van der Waals surface area contributed by atoms with Crippen LogP contribution in [0.4, 0.5) is 0 Å². The topological polar surface area (TPSA) is 62.5 Å². The van der Waals surface area contributed by atoms with Crippen LogP contribution in [0.3, 0.4) is 0 Å². The number of aryl methyl sites for hydroxylation is 1. The Morgan fingerprint density at radius 3 is 2.57 bits per heavy atom. The number of carbonyl (C=O) groups excluding carboxylic acids is 1. The van der Waals surface area contributed by atoms with Crippen LogP contribution in [0.5, 0.6) is 0 Å². The van der Waals surface area contributed by atoms with E-state index in [1.807, 2.05) is 54.3 Å². The lowest BCUT2D eigenvalue weighted by atomic mass is 10.1. The first-order valence-corrected chi connectivity index (χ1v) is 10.3. The molecule has 6 nitrogen and oxygen atoms in total. The van der Waals surface area contributed by atoms with Gasteiger partial charge in [-0.15, -0.1) is 0 Å². The zero-order chi connectivity index (χ0) is 20.9. The maximum Gasteiger partial charge on any atom is 0.246 e. The zero-order valence-electron chi connectivity index (χ0n) is 16.8. The van der Waals surface area contributed by atoms with Gasteiger partial charge in [0.05, 0.1) is 6.54 Å². The van der Waals surface area contributed by atoms with Crippen molar-refractivity contribution >= 4 is 23.6 Å². The SMILES string of the molecule is Cc1ccccc1C=CC(=O)N1CCN(Cc2nc(-c3ccc(Cl)cc3)no2)CC1. The highest BCUT2D eigenvalue weighted by molar-refractivity contribution is 6.30. The number of hydrogen-bond acceptors (Lipinski definition) is 5. The maximum atomic E-state index is 12.5. The number of benzene rings is 2. The second-order valence-corrected chi connectivity index (χ2v) is 7.75. The van der Waals surface area contributed by atoms with E-state index in [0.717, 1.165) is 29.8 Å². The molecule has 1 aliphatic rings. The maximum absolute atomic E-state index is 12.5. The molecule has 1 aromatic heterocycles. The highest BCUT2D eigenvalue weighted by Gasteiger charge is 2.21. The van der Waals surface area contributed by atoms with Gasteiger partial charge in [0.2, 0.25) is 17.6 Å². The smallest absolute Gasteiger partial charge is 0.246 e. The van der Waals surface area contributed by atoms with Gasteiger partial charge in [0, 0.05) is 42.8 Å². The average molecular weight is 423 g/mol. The molecule has 154 valence electrons. The molecule has 3 aromatic rings. The van der Waals surface area contributed by atoms with Crippen LogP contribution in [-0.2, 0) is 11.3 Å². The van der Waals surface area contributed by atoms with Crippen molar-refractivity contribution in [2.75, 3.05) is 26.2 Å². The molecule has 2 aromatic carbocycles. The van der Waals surface area contributed by atoms with Crippen LogP contribution in [0.2, 0.25) is 5.02 Å². The average Bonchev–Trinajstić information content (AvgIpc) is 3.22. The number of nitrogens with zero attached hydrogens (tertiary/aromatic N) is 4. The van der Waals surface area contributed by atoms with Gasteiger partial charge in [-0.25, -0.2) is 0 Å². The van der Waals surface area contributed by atoms with Gasteiger partial charge in [-0.3, -0.25) is 9.69 Å². The van der Waals surface area contributed by atoms with E-state index in [0.29, 0.717) is 36.4 Å². The van der Waals surface area contributed by atoms with Crippen molar-refractivity contribution in [2.45, 2.75) is 13.5 Å². The van der Waals surface area contributed by atoms with Gasteiger partial charge in [-0.2, -0.15) is 4.98 Å². The van der Waals surface area contributed by atoms with E-state index in [-0.39, 0.29) is 5.91 Å². The third-order valence-electron chi connectivity index (χ3n) is 5.21. The Hall–Kier alpha value is -2.96. The van der Waals surface area contributed by atoms with Crippen molar-refractivity contribution in [2.24, 2.45) is 0 Å². The van der Waals surface area contributed by atoms with E-state index < -0.39 is 0 Å². The molecule has 0 N–H and O–H groups in total. The number of halogens is 1. The molecule has 0 atom stereocenters. The molecule has 1 fully saturated rings. The van der Waals surface area contributed by atoms with E-state index >= 15 is 0 Å². The van der Waals surface area contributed by atoms with Gasteiger partial charge >= 0.3 is 0 Å². The molecule has 0 saturated carbocycles. The summed E-state index contributed by atoms with van der Waals surface area (Å²) >= 11 is 5.92. The lowest BCUT2D eigenvalue weighted by Gasteiger charge is -2.33. The van der Waals surface area contributed by atoms with Crippen LogP contribution in [0.25, 0.3) is 17.5 Å². The predicted octanol–water partition coefficient (Wildman–Crippen LogP) is 4.06. The van der Waals surface area contributed by atoms with Crippen LogP contribution in [-0.4, -0.2) is 52.0 Å². The van der Waals surface area contributed by atoms with Gasteiger partial charge in [-0.05, 0) is 48.4 Å². The first kappa shape index (κ1) is 20.3. The monoisotopic (exact) mass is 422 g/mol. The van der Waals surface area contributed by atoms with Gasteiger partial charge in [0.25, 0.3) is 0 Å². The Labute approximate surface area is 180 Å². The number of piperazine rings is 1. The van der Waals surface area contributed by atoms with Crippen molar-refractivity contribution < 1.29 is 9.32 Å². The third kappa shape index (κ3) is 4.96. The lowest BCUT2D eigenvalue weighted by molar-refractivity contribution is -0.127. The predicted molar refractivity (Wildman–Crippen MR) is 117 cm³/mol. The zero-order valence-corrected chi connectivity index (χ0v) is 17.5. The summed E-state index contributed by atoms with van der Waals surface area (Å²) in [5, 5.41) is 4.73. The summed E-state index contributed by atoms with van der Waals surface area (Å²) < 4.78 is 5.40. The van der Waals surface area contributed by atoms with Crippen LogP contribution < -0.4 is 0 Å². The Morgan fingerprint density at radius 2 is 1.83 bits per heavy atom. The summed E-state index contributed by atoms with van der Waals surface area (Å²) in [7, 11) is 0. The Kier molecular flexibility index (Phi) is 6.26. The number of rotatable bonds is 5. The third-order valence-corrected chi connectivity index (χ3v) is 5.46. The molecule has 1 amide bonds. The molecule has 4 rings (SSSR count). The Morgan fingerprint density at radius 1 is 1.10 bits per heavy atom. The Balaban J connectivity index is 1.29. The van der Waals surface area contributed by atoms with Crippen LogP contribution in [0.15, 0.2) is 59.1 Å². The Bertz CT molecular complexity index is 1040. The highest BCUT2D eigenvalue weighted by atomic mass is 35.5. The number of hydrogen-bond donors (Lipinski definition) is 0. The minimum atomic E-state index is 0.0423. The summed E-state index contributed by atoms with van der Waals surface area (Å²) in [6.07, 6.45) is 3.55. The largest absolute Gasteiger partial charge is 0.338 e. The quantitative estimate of drug-likeness (QED) is 0.580. The lowest BCUT2D eigenvalue weighted by Crippen LogP contribution is -2.47. The van der Waals surface area contributed by atoms with Gasteiger partial charge in [0.1, 0.15) is 0 Å². The molecule has 0 aliphatic carbocycles. The molecule has 2 heterocycles. The molecule has 30 heavy (non-hydrogen) atoms. The van der Waals surface area contributed by atoms with E-state index in [9.17, 15) is 4.79 Å². The summed E-state index contributed by atoms with van der Waals surface area (Å²) in [4.78, 5) is 21.1. The molecule has 0 radical (unpaired) electrons. The van der Waals surface area contributed by atoms with Gasteiger partial charge in [0.15, 0.2) is 0 Å². The molecular formula is C23H23ClN4O2. The fourth-order valence-electron chi connectivity index (χ4n) is 3.39. The summed E-state index contributed by atoms with van der Waals surface area (Å²) in [6.45, 7) is 5.50. The van der Waals surface area contributed by atoms with Crippen molar-refractivity contribution in [1.82, 2.24) is 19.9 Å².